The summed E-state index contributed by atoms with van der Waals surface area (Å²) in [4.78, 5) is 14.2. The van der Waals surface area contributed by atoms with Crippen molar-refractivity contribution >= 4 is 17.7 Å². The van der Waals surface area contributed by atoms with Crippen molar-refractivity contribution in [2.24, 2.45) is 0 Å². The van der Waals surface area contributed by atoms with Gasteiger partial charge in [0, 0.05) is 18.2 Å². The normalized spacial score (nSPS) is 13.9. The quantitative estimate of drug-likeness (QED) is 0.775. The summed E-state index contributed by atoms with van der Waals surface area (Å²) >= 11 is 1.56. The van der Waals surface area contributed by atoms with Gasteiger partial charge in [-0.1, -0.05) is 0 Å². The highest BCUT2D eigenvalue weighted by Gasteiger charge is 2.32. The standard InChI is InChI=1S/C15H21NO3S/c1-18-13-6-7-14(19-2)11(8-13)9-16(12-4-5-12)15(17)10-20-3/h6-8,12H,4-5,9-10H2,1-3H3. The Morgan fingerprint density at radius 1 is 1.35 bits per heavy atom. The molecule has 0 unspecified atom stereocenters. The van der Waals surface area contributed by atoms with Crippen LogP contribution in [-0.2, 0) is 11.3 Å². The predicted molar refractivity (Wildman–Crippen MR) is 81.5 cm³/mol. The lowest BCUT2D eigenvalue weighted by Crippen LogP contribution is -2.34. The van der Waals surface area contributed by atoms with E-state index in [0.717, 1.165) is 29.9 Å². The maximum atomic E-state index is 12.2. The Hall–Kier alpha value is -1.36. The van der Waals surface area contributed by atoms with Crippen molar-refractivity contribution in [1.82, 2.24) is 4.90 Å². The minimum Gasteiger partial charge on any atom is -0.497 e. The third-order valence-electron chi connectivity index (χ3n) is 3.40. The van der Waals surface area contributed by atoms with Crippen molar-refractivity contribution in [1.29, 1.82) is 0 Å². The largest absolute Gasteiger partial charge is 0.497 e. The Morgan fingerprint density at radius 2 is 2.10 bits per heavy atom. The molecule has 0 saturated heterocycles. The summed E-state index contributed by atoms with van der Waals surface area (Å²) in [6.07, 6.45) is 4.16. The maximum Gasteiger partial charge on any atom is 0.233 e. The minimum absolute atomic E-state index is 0.199. The van der Waals surface area contributed by atoms with Crippen LogP contribution in [0.25, 0.3) is 0 Å². The molecule has 1 aliphatic carbocycles. The summed E-state index contributed by atoms with van der Waals surface area (Å²) in [6, 6.07) is 6.09. The van der Waals surface area contributed by atoms with Crippen LogP contribution in [0.2, 0.25) is 0 Å². The number of rotatable bonds is 7. The van der Waals surface area contributed by atoms with Gasteiger partial charge in [0.25, 0.3) is 0 Å². The summed E-state index contributed by atoms with van der Waals surface area (Å²) in [5.74, 6) is 2.31. The monoisotopic (exact) mass is 295 g/mol. The molecular weight excluding hydrogens is 274 g/mol. The molecule has 1 aromatic rings. The van der Waals surface area contributed by atoms with Crippen LogP contribution < -0.4 is 9.47 Å². The number of hydrogen-bond donors (Lipinski definition) is 0. The van der Waals surface area contributed by atoms with E-state index in [1.165, 1.54) is 0 Å². The van der Waals surface area contributed by atoms with Crippen molar-refractivity contribution in [2.75, 3.05) is 26.2 Å². The van der Waals surface area contributed by atoms with Gasteiger partial charge in [-0.2, -0.15) is 11.8 Å². The van der Waals surface area contributed by atoms with E-state index in [9.17, 15) is 4.79 Å². The Labute approximate surface area is 124 Å². The predicted octanol–water partition coefficient (Wildman–Crippen LogP) is 2.56. The lowest BCUT2D eigenvalue weighted by atomic mass is 10.1. The maximum absolute atomic E-state index is 12.2. The zero-order valence-electron chi connectivity index (χ0n) is 12.2. The smallest absolute Gasteiger partial charge is 0.233 e. The molecule has 2 rings (SSSR count). The third-order valence-corrected chi connectivity index (χ3v) is 3.94. The van der Waals surface area contributed by atoms with Gasteiger partial charge >= 0.3 is 0 Å². The van der Waals surface area contributed by atoms with E-state index in [-0.39, 0.29) is 5.91 Å². The number of carbonyl (C=O) groups is 1. The highest BCUT2D eigenvalue weighted by atomic mass is 32.2. The SMILES string of the molecule is COc1ccc(OC)c(CN(C(=O)CSC)C2CC2)c1. The molecule has 1 fully saturated rings. The second-order valence-electron chi connectivity index (χ2n) is 4.86. The van der Waals surface area contributed by atoms with Crippen LogP contribution >= 0.6 is 11.8 Å². The molecule has 1 amide bonds. The number of hydrogen-bond acceptors (Lipinski definition) is 4. The number of thioether (sulfide) groups is 1. The van der Waals surface area contributed by atoms with E-state index in [4.69, 9.17) is 9.47 Å². The topological polar surface area (TPSA) is 38.8 Å². The fourth-order valence-corrected chi connectivity index (χ4v) is 2.62. The first-order valence-corrected chi connectivity index (χ1v) is 8.08. The molecule has 0 aromatic heterocycles. The molecule has 0 atom stereocenters. The Balaban J connectivity index is 2.18. The average molecular weight is 295 g/mol. The Kier molecular flexibility index (Phi) is 5.17. The summed E-state index contributed by atoms with van der Waals surface area (Å²) in [7, 11) is 3.29. The molecule has 110 valence electrons. The fraction of sp³-hybridized carbons (Fsp3) is 0.533. The molecule has 0 radical (unpaired) electrons. The molecule has 0 heterocycles. The number of carbonyl (C=O) groups excluding carboxylic acids is 1. The van der Waals surface area contributed by atoms with Crippen molar-refractivity contribution < 1.29 is 14.3 Å². The number of nitrogens with zero attached hydrogens (tertiary/aromatic N) is 1. The average Bonchev–Trinajstić information content (AvgIpc) is 3.29. The molecule has 0 N–H and O–H groups in total. The second kappa shape index (κ2) is 6.88. The number of benzene rings is 1. The van der Waals surface area contributed by atoms with E-state index in [0.29, 0.717) is 18.3 Å². The van der Waals surface area contributed by atoms with Crippen LogP contribution in [-0.4, -0.2) is 43.1 Å². The molecule has 0 aliphatic heterocycles. The number of methoxy groups -OCH3 is 2. The number of ether oxygens (including phenoxy) is 2. The summed E-state index contributed by atoms with van der Waals surface area (Å²) in [6.45, 7) is 0.588. The van der Waals surface area contributed by atoms with Gasteiger partial charge in [0.1, 0.15) is 11.5 Å². The summed E-state index contributed by atoms with van der Waals surface area (Å²) in [5.41, 5.74) is 0.994. The van der Waals surface area contributed by atoms with Gasteiger partial charge in [0.05, 0.1) is 20.0 Å². The zero-order chi connectivity index (χ0) is 14.5. The molecule has 0 bridgehead atoms. The van der Waals surface area contributed by atoms with Crippen LogP contribution in [0.1, 0.15) is 18.4 Å². The summed E-state index contributed by atoms with van der Waals surface area (Å²) in [5, 5.41) is 0. The van der Waals surface area contributed by atoms with Crippen molar-refractivity contribution in [3.8, 4) is 11.5 Å². The van der Waals surface area contributed by atoms with Crippen LogP contribution in [0.4, 0.5) is 0 Å². The highest BCUT2D eigenvalue weighted by Crippen LogP contribution is 2.32. The molecule has 4 nitrogen and oxygen atoms in total. The third kappa shape index (κ3) is 3.60. The zero-order valence-corrected chi connectivity index (χ0v) is 13.0. The van der Waals surface area contributed by atoms with Gasteiger partial charge in [0.2, 0.25) is 5.91 Å². The Bertz CT molecular complexity index is 474. The summed E-state index contributed by atoms with van der Waals surface area (Å²) < 4.78 is 10.6. The van der Waals surface area contributed by atoms with Crippen LogP contribution in [0, 0.1) is 0 Å². The van der Waals surface area contributed by atoms with Gasteiger partial charge in [-0.25, -0.2) is 0 Å². The second-order valence-corrected chi connectivity index (χ2v) is 5.73. The molecule has 20 heavy (non-hydrogen) atoms. The fourth-order valence-electron chi connectivity index (χ4n) is 2.20. The lowest BCUT2D eigenvalue weighted by Gasteiger charge is -2.23. The first kappa shape index (κ1) is 15.0. The lowest BCUT2D eigenvalue weighted by molar-refractivity contribution is -0.129. The van der Waals surface area contributed by atoms with Gasteiger partial charge in [0.15, 0.2) is 0 Å². The van der Waals surface area contributed by atoms with Gasteiger partial charge < -0.3 is 14.4 Å². The minimum atomic E-state index is 0.199. The van der Waals surface area contributed by atoms with Crippen molar-refractivity contribution in [2.45, 2.75) is 25.4 Å². The molecule has 1 aromatic carbocycles. The first-order valence-electron chi connectivity index (χ1n) is 6.69. The van der Waals surface area contributed by atoms with Crippen LogP contribution in [0.15, 0.2) is 18.2 Å². The molecule has 1 saturated carbocycles. The van der Waals surface area contributed by atoms with E-state index in [1.54, 1.807) is 26.0 Å². The van der Waals surface area contributed by atoms with E-state index >= 15 is 0 Å². The Morgan fingerprint density at radius 3 is 2.65 bits per heavy atom. The van der Waals surface area contributed by atoms with E-state index < -0.39 is 0 Å². The van der Waals surface area contributed by atoms with E-state index in [1.807, 2.05) is 29.4 Å². The van der Waals surface area contributed by atoms with E-state index in [2.05, 4.69) is 0 Å². The number of amides is 1. The van der Waals surface area contributed by atoms with Crippen LogP contribution in [0.3, 0.4) is 0 Å². The van der Waals surface area contributed by atoms with Gasteiger partial charge in [-0.15, -0.1) is 0 Å². The van der Waals surface area contributed by atoms with Gasteiger partial charge in [-0.05, 0) is 37.3 Å². The van der Waals surface area contributed by atoms with Crippen LogP contribution in [0.5, 0.6) is 11.5 Å². The molecular formula is C15H21NO3S. The van der Waals surface area contributed by atoms with Crippen molar-refractivity contribution in [3.05, 3.63) is 23.8 Å². The first-order chi connectivity index (χ1) is 9.69. The van der Waals surface area contributed by atoms with Gasteiger partial charge in [-0.3, -0.25) is 4.79 Å². The van der Waals surface area contributed by atoms with Crippen molar-refractivity contribution in [3.63, 3.8) is 0 Å². The molecule has 1 aliphatic rings. The molecule has 0 spiro atoms. The highest BCUT2D eigenvalue weighted by molar-refractivity contribution is 7.99. The molecule has 5 heteroatoms.